The van der Waals surface area contributed by atoms with Crippen LogP contribution in [0.4, 0.5) is 0 Å². The first-order valence-corrected chi connectivity index (χ1v) is 19.4. The molecule has 0 aromatic heterocycles. The Morgan fingerprint density at radius 1 is 0.783 bits per heavy atom. The summed E-state index contributed by atoms with van der Waals surface area (Å²) in [5.41, 5.74) is 0.837. The highest BCUT2D eigenvalue weighted by molar-refractivity contribution is 5.90. The molecule has 2 aliphatic heterocycles. The molecule has 1 saturated heterocycles. The van der Waals surface area contributed by atoms with Gasteiger partial charge in [-0.1, -0.05) is 129 Å². The Hall–Kier alpha value is -1.44. The molecule has 0 aromatic carbocycles. The molecule has 0 spiro atoms. The maximum Gasteiger partial charge on any atom is 0.334 e. The van der Waals surface area contributed by atoms with E-state index in [2.05, 4.69) is 6.92 Å². The fourth-order valence-electron chi connectivity index (χ4n) is 7.07. The first-order chi connectivity index (χ1) is 22.3. The molecule has 2 rings (SSSR count). The number of hydrogen-bond donors (Lipinski definition) is 2. The maximum atomic E-state index is 11.8. The Morgan fingerprint density at radius 2 is 1.28 bits per heavy atom. The highest BCUT2D eigenvalue weighted by Crippen LogP contribution is 2.30. The molecular formula is C39H70O7. The van der Waals surface area contributed by atoms with E-state index in [9.17, 15) is 19.8 Å². The van der Waals surface area contributed by atoms with Crippen molar-refractivity contribution in [3.63, 3.8) is 0 Å². The zero-order valence-corrected chi connectivity index (χ0v) is 29.9. The third-order valence-corrected chi connectivity index (χ3v) is 9.83. The second-order valence-corrected chi connectivity index (χ2v) is 14.2. The summed E-state index contributed by atoms with van der Waals surface area (Å²) in [5, 5.41) is 21.5. The molecule has 2 aliphatic rings. The van der Waals surface area contributed by atoms with Gasteiger partial charge in [0.2, 0.25) is 0 Å². The molecule has 0 bridgehead atoms. The summed E-state index contributed by atoms with van der Waals surface area (Å²) in [6.45, 7) is 5.57. The van der Waals surface area contributed by atoms with Gasteiger partial charge in [0.05, 0.1) is 24.4 Å². The van der Waals surface area contributed by atoms with Crippen molar-refractivity contribution in [2.75, 3.05) is 0 Å². The van der Waals surface area contributed by atoms with Crippen molar-refractivity contribution in [2.45, 2.75) is 224 Å². The van der Waals surface area contributed by atoms with Gasteiger partial charge < -0.3 is 24.4 Å². The minimum Gasteiger partial charge on any atom is -0.460 e. The summed E-state index contributed by atoms with van der Waals surface area (Å²) in [5.74, 6) is -0.497. The topological polar surface area (TPSA) is 102 Å². The van der Waals surface area contributed by atoms with Gasteiger partial charge in [0.15, 0.2) is 0 Å². The van der Waals surface area contributed by atoms with Crippen LogP contribution in [0.15, 0.2) is 11.6 Å². The second kappa shape index (κ2) is 25.6. The molecule has 0 aromatic rings. The molecule has 0 aliphatic carbocycles. The molecule has 2 N–H and O–H groups in total. The number of unbranched alkanes of at least 4 members (excludes halogenated alkanes) is 18. The molecular weight excluding hydrogens is 580 g/mol. The van der Waals surface area contributed by atoms with E-state index in [1.54, 1.807) is 0 Å². The quantitative estimate of drug-likeness (QED) is 0.0614. The number of aliphatic hydroxyl groups excluding tert-OH is 2. The Balaban J connectivity index is 1.50. The van der Waals surface area contributed by atoms with Crippen molar-refractivity contribution in [3.05, 3.63) is 11.6 Å². The predicted molar refractivity (Wildman–Crippen MR) is 186 cm³/mol. The number of aliphatic hydroxyl groups is 2. The van der Waals surface area contributed by atoms with E-state index in [0.717, 1.165) is 76.2 Å². The SMILES string of the molecule is CCCCCCCCCCCCCC[C@H](O)[C@H]1CC[C@H]([C@@H](CC(O)CCCCCCCCCCC2=C[C@H](C)OC2=O)OC(C)=O)O1. The molecule has 0 radical (unpaired) electrons. The van der Waals surface area contributed by atoms with Gasteiger partial charge in [-0.15, -0.1) is 0 Å². The molecule has 6 atom stereocenters. The van der Waals surface area contributed by atoms with Crippen molar-refractivity contribution >= 4 is 11.9 Å². The van der Waals surface area contributed by atoms with Gasteiger partial charge in [0, 0.05) is 18.9 Å². The summed E-state index contributed by atoms with van der Waals surface area (Å²) < 4.78 is 17.0. The van der Waals surface area contributed by atoms with Crippen molar-refractivity contribution in [1.29, 1.82) is 0 Å². The van der Waals surface area contributed by atoms with Gasteiger partial charge in [-0.05, 0) is 51.5 Å². The van der Waals surface area contributed by atoms with E-state index >= 15 is 0 Å². The number of cyclic esters (lactones) is 1. The lowest BCUT2D eigenvalue weighted by molar-refractivity contribution is -0.159. The van der Waals surface area contributed by atoms with Gasteiger partial charge in [0.1, 0.15) is 12.2 Å². The van der Waals surface area contributed by atoms with Crippen LogP contribution in [0, 0.1) is 0 Å². The summed E-state index contributed by atoms with van der Waals surface area (Å²) >= 11 is 0. The first-order valence-electron chi connectivity index (χ1n) is 19.4. The lowest BCUT2D eigenvalue weighted by atomic mass is 9.98. The fourth-order valence-corrected chi connectivity index (χ4v) is 7.07. The van der Waals surface area contributed by atoms with Crippen LogP contribution >= 0.6 is 0 Å². The van der Waals surface area contributed by atoms with Crippen LogP contribution in [0.5, 0.6) is 0 Å². The van der Waals surface area contributed by atoms with Crippen LogP contribution in [0.3, 0.4) is 0 Å². The smallest absolute Gasteiger partial charge is 0.334 e. The van der Waals surface area contributed by atoms with Crippen molar-refractivity contribution in [2.24, 2.45) is 0 Å². The van der Waals surface area contributed by atoms with Gasteiger partial charge in [-0.2, -0.15) is 0 Å². The van der Waals surface area contributed by atoms with E-state index in [-0.39, 0.29) is 30.3 Å². The van der Waals surface area contributed by atoms with Crippen LogP contribution in [-0.2, 0) is 23.8 Å². The number of carbonyl (C=O) groups is 2. The Morgan fingerprint density at radius 3 is 1.80 bits per heavy atom. The monoisotopic (exact) mass is 651 g/mol. The number of ether oxygens (including phenoxy) is 3. The number of esters is 2. The zero-order chi connectivity index (χ0) is 33.4. The molecule has 7 nitrogen and oxygen atoms in total. The third-order valence-electron chi connectivity index (χ3n) is 9.83. The summed E-state index contributed by atoms with van der Waals surface area (Å²) in [4.78, 5) is 23.5. The Bertz CT molecular complexity index is 827. The van der Waals surface area contributed by atoms with Gasteiger partial charge in [-0.25, -0.2) is 4.79 Å². The van der Waals surface area contributed by atoms with E-state index < -0.39 is 18.3 Å². The first kappa shape index (κ1) is 40.7. The van der Waals surface area contributed by atoms with E-state index in [1.807, 2.05) is 13.0 Å². The standard InChI is InChI=1S/C39H70O7/c1-4-5-6-7-8-9-10-11-12-17-20-23-26-35(42)36-27-28-37(46-36)38(45-32(3)40)30-34(41)25-22-19-16-14-13-15-18-21-24-33-29-31(2)44-39(33)43/h29,31,34-38,41-42H,4-28,30H2,1-3H3/t31-,34?,35-,36+,37+,38+/m0/s1. The van der Waals surface area contributed by atoms with Crippen molar-refractivity contribution in [3.8, 4) is 0 Å². The van der Waals surface area contributed by atoms with E-state index in [4.69, 9.17) is 14.2 Å². The van der Waals surface area contributed by atoms with E-state index in [1.165, 1.54) is 90.4 Å². The molecule has 0 saturated carbocycles. The number of hydrogen-bond acceptors (Lipinski definition) is 7. The third kappa shape index (κ3) is 18.8. The summed E-state index contributed by atoms with van der Waals surface area (Å²) in [6.07, 6.45) is 28.6. The largest absolute Gasteiger partial charge is 0.460 e. The molecule has 0 amide bonds. The van der Waals surface area contributed by atoms with Crippen molar-refractivity contribution < 1.29 is 34.0 Å². The lowest BCUT2D eigenvalue weighted by Gasteiger charge is -2.27. The number of carbonyl (C=O) groups excluding carboxylic acids is 2. The summed E-state index contributed by atoms with van der Waals surface area (Å²) in [6, 6.07) is 0. The molecule has 2 heterocycles. The minimum atomic E-state index is -0.530. The van der Waals surface area contributed by atoms with Crippen molar-refractivity contribution in [1.82, 2.24) is 0 Å². The van der Waals surface area contributed by atoms with Crippen LogP contribution < -0.4 is 0 Å². The van der Waals surface area contributed by atoms with Crippen LogP contribution in [0.25, 0.3) is 0 Å². The lowest BCUT2D eigenvalue weighted by Crippen LogP contribution is -2.36. The molecule has 1 fully saturated rings. The molecule has 7 heteroatoms. The average molecular weight is 651 g/mol. The minimum absolute atomic E-state index is 0.0744. The van der Waals surface area contributed by atoms with Crippen LogP contribution in [-0.4, -0.2) is 58.8 Å². The second-order valence-electron chi connectivity index (χ2n) is 14.2. The van der Waals surface area contributed by atoms with Gasteiger partial charge in [0.25, 0.3) is 0 Å². The molecule has 268 valence electrons. The average Bonchev–Trinajstić information content (AvgIpc) is 3.64. The van der Waals surface area contributed by atoms with E-state index in [0.29, 0.717) is 12.8 Å². The molecule has 46 heavy (non-hydrogen) atoms. The highest BCUT2D eigenvalue weighted by Gasteiger charge is 2.37. The highest BCUT2D eigenvalue weighted by atomic mass is 16.6. The maximum absolute atomic E-state index is 11.8. The zero-order valence-electron chi connectivity index (χ0n) is 29.9. The Labute approximate surface area is 281 Å². The van der Waals surface area contributed by atoms with Crippen LogP contribution in [0.1, 0.15) is 188 Å². The normalized spacial score (nSPS) is 21.6. The van der Waals surface area contributed by atoms with Gasteiger partial charge >= 0.3 is 11.9 Å². The van der Waals surface area contributed by atoms with Crippen LogP contribution in [0.2, 0.25) is 0 Å². The molecule has 1 unspecified atom stereocenters. The fraction of sp³-hybridized carbons (Fsp3) is 0.897. The predicted octanol–water partition coefficient (Wildman–Crippen LogP) is 9.44. The van der Waals surface area contributed by atoms with Gasteiger partial charge in [-0.3, -0.25) is 4.79 Å². The summed E-state index contributed by atoms with van der Waals surface area (Å²) in [7, 11) is 0. The number of rotatable bonds is 29. The Kier molecular flexibility index (Phi) is 22.6.